The Hall–Kier alpha value is -2.12. The minimum atomic E-state index is -0.362. The summed E-state index contributed by atoms with van der Waals surface area (Å²) in [6, 6.07) is 6.88. The molecule has 1 aromatic heterocycles. The predicted octanol–water partition coefficient (Wildman–Crippen LogP) is 1.89. The van der Waals surface area contributed by atoms with Crippen LogP contribution in [0, 0.1) is 6.92 Å². The second kappa shape index (κ2) is 7.43. The van der Waals surface area contributed by atoms with Crippen LogP contribution in [0.2, 0.25) is 0 Å². The number of benzene rings is 1. The van der Waals surface area contributed by atoms with E-state index in [0.29, 0.717) is 11.4 Å². The predicted molar refractivity (Wildman–Crippen MR) is 89.2 cm³/mol. The normalized spacial score (nSPS) is 15.0. The van der Waals surface area contributed by atoms with Gasteiger partial charge in [0, 0.05) is 0 Å². The Bertz CT molecular complexity index is 682. The van der Waals surface area contributed by atoms with Gasteiger partial charge in [-0.05, 0) is 45.0 Å². The lowest BCUT2D eigenvalue weighted by Gasteiger charge is -2.23. The summed E-state index contributed by atoms with van der Waals surface area (Å²) in [5.41, 5.74) is 1.41. The molecule has 8 heteroatoms. The van der Waals surface area contributed by atoms with E-state index in [1.54, 1.807) is 18.2 Å². The highest BCUT2D eigenvalue weighted by atomic mass is 35.5. The zero-order valence-electron chi connectivity index (χ0n) is 12.8. The van der Waals surface area contributed by atoms with E-state index in [4.69, 9.17) is 0 Å². The number of hydrogen-bond donors (Lipinski definition) is 3. The topological polar surface area (TPSA) is 92.1 Å². The van der Waals surface area contributed by atoms with Crippen LogP contribution in [0.25, 0.3) is 0 Å². The lowest BCUT2D eigenvalue weighted by atomic mass is 10.1. The van der Waals surface area contributed by atoms with Gasteiger partial charge in [0.1, 0.15) is 5.75 Å². The fourth-order valence-corrected chi connectivity index (χ4v) is 2.71. The average molecular weight is 338 g/mol. The molecule has 1 fully saturated rings. The van der Waals surface area contributed by atoms with Crippen LogP contribution >= 0.6 is 12.4 Å². The van der Waals surface area contributed by atoms with E-state index in [9.17, 15) is 9.90 Å². The van der Waals surface area contributed by atoms with Gasteiger partial charge in [0.15, 0.2) is 5.69 Å². The maximum Gasteiger partial charge on any atom is 0.278 e. The second-order valence-corrected chi connectivity index (χ2v) is 5.42. The molecule has 1 aromatic carbocycles. The third-order valence-electron chi connectivity index (χ3n) is 3.95. The molecule has 0 radical (unpaired) electrons. The number of hydrogen-bond acceptors (Lipinski definition) is 5. The first kappa shape index (κ1) is 17.2. The first-order valence-corrected chi connectivity index (χ1v) is 7.38. The van der Waals surface area contributed by atoms with Crippen molar-refractivity contribution in [3.8, 4) is 5.75 Å². The van der Waals surface area contributed by atoms with Gasteiger partial charge in [-0.3, -0.25) is 4.79 Å². The Labute approximate surface area is 140 Å². The van der Waals surface area contributed by atoms with Crippen LogP contribution in [0.3, 0.4) is 0 Å². The maximum atomic E-state index is 12.3. The number of halogens is 1. The Morgan fingerprint density at radius 2 is 2.04 bits per heavy atom. The molecule has 23 heavy (non-hydrogen) atoms. The van der Waals surface area contributed by atoms with Crippen molar-refractivity contribution in [1.82, 2.24) is 20.3 Å². The third-order valence-corrected chi connectivity index (χ3v) is 3.95. The maximum absolute atomic E-state index is 12.3. The molecule has 1 amide bonds. The van der Waals surface area contributed by atoms with Gasteiger partial charge in [-0.1, -0.05) is 17.3 Å². The summed E-state index contributed by atoms with van der Waals surface area (Å²) in [5, 5.41) is 23.8. The molecule has 3 N–H and O–H groups in total. The molecule has 0 saturated carbocycles. The molecular weight excluding hydrogens is 318 g/mol. The first-order chi connectivity index (χ1) is 10.7. The van der Waals surface area contributed by atoms with E-state index in [1.807, 2.05) is 11.6 Å². The second-order valence-electron chi connectivity index (χ2n) is 5.42. The van der Waals surface area contributed by atoms with Crippen molar-refractivity contribution in [3.05, 3.63) is 35.7 Å². The number of phenolic OH excluding ortho intramolecular Hbond substituents is 1. The minimum Gasteiger partial charge on any atom is -0.506 e. The molecule has 2 heterocycles. The van der Waals surface area contributed by atoms with Gasteiger partial charge in [0.25, 0.3) is 5.91 Å². The van der Waals surface area contributed by atoms with Crippen LogP contribution in [0.4, 0.5) is 5.69 Å². The summed E-state index contributed by atoms with van der Waals surface area (Å²) < 4.78 is 1.83. The zero-order chi connectivity index (χ0) is 15.5. The summed E-state index contributed by atoms with van der Waals surface area (Å²) in [6.07, 6.45) is 1.95. The van der Waals surface area contributed by atoms with Crippen LogP contribution < -0.4 is 10.6 Å². The quantitative estimate of drug-likeness (QED) is 0.744. The van der Waals surface area contributed by atoms with Gasteiger partial charge in [0.2, 0.25) is 0 Å². The molecule has 0 spiro atoms. The standard InChI is InChI=1S/C15H19N5O2.ClH/c1-10-14(15(22)17-12-4-2-3-5-13(12)21)18-19-20(10)11-6-8-16-9-7-11;/h2-5,11,16,21H,6-9H2,1H3,(H,17,22);1H. The number of nitrogens with one attached hydrogen (secondary N) is 2. The SMILES string of the molecule is Cc1c(C(=O)Nc2ccccc2O)nnn1C1CCNCC1.Cl. The summed E-state index contributed by atoms with van der Waals surface area (Å²) >= 11 is 0. The number of para-hydroxylation sites is 2. The van der Waals surface area contributed by atoms with Crippen LogP contribution in [0.15, 0.2) is 24.3 Å². The zero-order valence-corrected chi connectivity index (χ0v) is 13.6. The number of phenols is 1. The molecule has 3 rings (SSSR count). The van der Waals surface area contributed by atoms with Gasteiger partial charge >= 0.3 is 0 Å². The van der Waals surface area contributed by atoms with Crippen LogP contribution in [-0.2, 0) is 0 Å². The summed E-state index contributed by atoms with van der Waals surface area (Å²) in [4.78, 5) is 12.3. The number of piperidine rings is 1. The number of rotatable bonds is 3. The van der Waals surface area contributed by atoms with Gasteiger partial charge in [-0.15, -0.1) is 17.5 Å². The molecule has 0 unspecified atom stereocenters. The highest BCUT2D eigenvalue weighted by Crippen LogP contribution is 2.24. The molecule has 0 bridgehead atoms. The monoisotopic (exact) mass is 337 g/mol. The van der Waals surface area contributed by atoms with E-state index in [1.165, 1.54) is 6.07 Å². The van der Waals surface area contributed by atoms with Gasteiger partial charge in [0.05, 0.1) is 17.4 Å². The molecule has 124 valence electrons. The minimum absolute atomic E-state index is 0. The van der Waals surface area contributed by atoms with Gasteiger partial charge in [-0.25, -0.2) is 4.68 Å². The fourth-order valence-electron chi connectivity index (χ4n) is 2.71. The number of amides is 1. The fraction of sp³-hybridized carbons (Fsp3) is 0.400. The van der Waals surface area contributed by atoms with Crippen molar-refractivity contribution in [3.63, 3.8) is 0 Å². The number of carbonyl (C=O) groups is 1. The van der Waals surface area contributed by atoms with Gasteiger partial charge in [-0.2, -0.15) is 0 Å². The summed E-state index contributed by atoms with van der Waals surface area (Å²) in [7, 11) is 0. The van der Waals surface area contributed by atoms with Crippen molar-refractivity contribution in [1.29, 1.82) is 0 Å². The molecule has 0 atom stereocenters. The van der Waals surface area contributed by atoms with Crippen LogP contribution in [0.1, 0.15) is 35.1 Å². The highest BCUT2D eigenvalue weighted by molar-refractivity contribution is 6.04. The molecule has 7 nitrogen and oxygen atoms in total. The molecule has 1 aliphatic heterocycles. The van der Waals surface area contributed by atoms with E-state index < -0.39 is 0 Å². The van der Waals surface area contributed by atoms with Crippen molar-refractivity contribution in [2.45, 2.75) is 25.8 Å². The third kappa shape index (κ3) is 3.62. The van der Waals surface area contributed by atoms with E-state index in [0.717, 1.165) is 31.6 Å². The molecule has 2 aromatic rings. The first-order valence-electron chi connectivity index (χ1n) is 7.38. The Morgan fingerprint density at radius 3 is 2.74 bits per heavy atom. The largest absolute Gasteiger partial charge is 0.506 e. The van der Waals surface area contributed by atoms with E-state index >= 15 is 0 Å². The van der Waals surface area contributed by atoms with Gasteiger partial charge < -0.3 is 15.7 Å². The Morgan fingerprint density at radius 1 is 1.35 bits per heavy atom. The molecule has 1 aliphatic rings. The molecule has 0 aliphatic carbocycles. The average Bonchev–Trinajstić information content (AvgIpc) is 2.92. The number of anilines is 1. The van der Waals surface area contributed by atoms with Crippen molar-refractivity contribution >= 4 is 24.0 Å². The number of carbonyl (C=O) groups excluding carboxylic acids is 1. The Balaban J connectivity index is 0.00000192. The molecular formula is C15H20ClN5O2. The highest BCUT2D eigenvalue weighted by Gasteiger charge is 2.23. The number of nitrogens with zero attached hydrogens (tertiary/aromatic N) is 3. The molecule has 1 saturated heterocycles. The van der Waals surface area contributed by atoms with Crippen LogP contribution in [0.5, 0.6) is 5.75 Å². The summed E-state index contributed by atoms with van der Waals surface area (Å²) in [5.74, 6) is -0.335. The Kier molecular flexibility index (Phi) is 5.57. The number of aromatic nitrogens is 3. The van der Waals surface area contributed by atoms with Crippen molar-refractivity contribution in [2.24, 2.45) is 0 Å². The van der Waals surface area contributed by atoms with E-state index in [2.05, 4.69) is 20.9 Å². The van der Waals surface area contributed by atoms with E-state index in [-0.39, 0.29) is 30.1 Å². The number of aromatic hydroxyl groups is 1. The lowest BCUT2D eigenvalue weighted by molar-refractivity contribution is 0.102. The van der Waals surface area contributed by atoms with Crippen molar-refractivity contribution in [2.75, 3.05) is 18.4 Å². The lowest BCUT2D eigenvalue weighted by Crippen LogP contribution is -2.30. The smallest absolute Gasteiger partial charge is 0.278 e. The summed E-state index contributed by atoms with van der Waals surface area (Å²) in [6.45, 7) is 3.74. The van der Waals surface area contributed by atoms with Crippen LogP contribution in [-0.4, -0.2) is 39.1 Å². The van der Waals surface area contributed by atoms with Crippen molar-refractivity contribution < 1.29 is 9.90 Å².